The summed E-state index contributed by atoms with van der Waals surface area (Å²) in [5, 5.41) is 23.3. The molecule has 0 spiro atoms. The number of esters is 1. The molecule has 0 aromatic heterocycles. The standard InChI is InChI=1S/C70H139NO5/c1-3-5-7-9-11-13-15-17-19-32-36-40-44-48-52-56-60-64-70(75)76-65-61-57-53-49-45-41-37-34-31-29-27-25-23-21-20-22-24-26-28-30-33-35-39-43-47-51-55-59-63-69(74)71-67(66-72)68(73)62-58-54-50-46-42-38-18-16-14-12-10-8-6-4-2/h67-68,72-73H,3-66H2,1-2H3,(H,71,74). The second-order valence-corrected chi connectivity index (χ2v) is 24.6. The van der Waals surface area contributed by atoms with Crippen molar-refractivity contribution in [3.63, 3.8) is 0 Å². The van der Waals surface area contributed by atoms with Gasteiger partial charge < -0.3 is 20.3 Å². The smallest absolute Gasteiger partial charge is 0.305 e. The zero-order chi connectivity index (χ0) is 55.0. The molecule has 3 N–H and O–H groups in total. The van der Waals surface area contributed by atoms with Crippen LogP contribution in [0.3, 0.4) is 0 Å². The first-order chi connectivity index (χ1) is 37.5. The van der Waals surface area contributed by atoms with Crippen molar-refractivity contribution in [1.29, 1.82) is 0 Å². The highest BCUT2D eigenvalue weighted by Crippen LogP contribution is 2.20. The molecule has 6 nitrogen and oxygen atoms in total. The number of unbranched alkanes of at least 4 members (excludes halogenated alkanes) is 56. The summed E-state index contributed by atoms with van der Waals surface area (Å²) in [7, 11) is 0. The van der Waals surface area contributed by atoms with E-state index in [2.05, 4.69) is 19.2 Å². The van der Waals surface area contributed by atoms with Crippen LogP contribution < -0.4 is 5.32 Å². The molecule has 0 bridgehead atoms. The minimum absolute atomic E-state index is 0.0240. The summed E-state index contributed by atoms with van der Waals surface area (Å²) in [6.07, 6.45) is 80.1. The van der Waals surface area contributed by atoms with Crippen LogP contribution in [0.25, 0.3) is 0 Å². The molecule has 0 aliphatic rings. The van der Waals surface area contributed by atoms with E-state index in [1.807, 2.05) is 0 Å². The van der Waals surface area contributed by atoms with Gasteiger partial charge in [-0.15, -0.1) is 0 Å². The van der Waals surface area contributed by atoms with E-state index in [4.69, 9.17) is 4.74 Å². The molecule has 454 valence electrons. The molecule has 0 radical (unpaired) electrons. The van der Waals surface area contributed by atoms with Crippen LogP contribution >= 0.6 is 0 Å². The maximum Gasteiger partial charge on any atom is 0.305 e. The molecule has 76 heavy (non-hydrogen) atoms. The van der Waals surface area contributed by atoms with Gasteiger partial charge in [-0.25, -0.2) is 0 Å². The van der Waals surface area contributed by atoms with E-state index < -0.39 is 12.1 Å². The Hall–Kier alpha value is -1.14. The number of aliphatic hydroxyl groups excluding tert-OH is 2. The summed E-state index contributed by atoms with van der Waals surface area (Å²) in [6, 6.07) is -0.537. The third-order valence-corrected chi connectivity index (χ3v) is 16.9. The molecule has 0 saturated heterocycles. The summed E-state index contributed by atoms with van der Waals surface area (Å²) in [5.41, 5.74) is 0. The van der Waals surface area contributed by atoms with Gasteiger partial charge in [0.25, 0.3) is 0 Å². The molecule has 0 saturated carbocycles. The summed E-state index contributed by atoms with van der Waals surface area (Å²) < 4.78 is 5.51. The predicted molar refractivity (Wildman–Crippen MR) is 334 cm³/mol. The first-order valence-electron chi connectivity index (χ1n) is 35.3. The van der Waals surface area contributed by atoms with Crippen molar-refractivity contribution in [2.45, 2.75) is 424 Å². The van der Waals surface area contributed by atoms with Crippen molar-refractivity contribution >= 4 is 11.9 Å². The van der Waals surface area contributed by atoms with E-state index in [0.29, 0.717) is 25.9 Å². The van der Waals surface area contributed by atoms with Gasteiger partial charge in [-0.3, -0.25) is 9.59 Å². The first-order valence-corrected chi connectivity index (χ1v) is 35.3. The maximum atomic E-state index is 12.5. The van der Waals surface area contributed by atoms with Crippen molar-refractivity contribution in [2.75, 3.05) is 13.2 Å². The Morgan fingerprint density at radius 1 is 0.316 bits per heavy atom. The number of hydrogen-bond acceptors (Lipinski definition) is 5. The third kappa shape index (κ3) is 62.1. The summed E-state index contributed by atoms with van der Waals surface area (Å²) in [5.74, 6) is -0.00446. The molecule has 0 aliphatic heterocycles. The van der Waals surface area contributed by atoms with Crippen molar-refractivity contribution in [1.82, 2.24) is 5.32 Å². The van der Waals surface area contributed by atoms with Gasteiger partial charge in [0.15, 0.2) is 0 Å². The summed E-state index contributed by atoms with van der Waals surface area (Å²) in [4.78, 5) is 24.6. The number of ether oxygens (including phenoxy) is 1. The van der Waals surface area contributed by atoms with Gasteiger partial charge in [-0.05, 0) is 25.7 Å². The summed E-state index contributed by atoms with van der Waals surface area (Å²) in [6.45, 7) is 5.00. The average molecular weight is 1070 g/mol. The number of nitrogens with one attached hydrogen (secondary N) is 1. The molecule has 0 fully saturated rings. The van der Waals surface area contributed by atoms with Crippen LogP contribution in [0.1, 0.15) is 412 Å². The van der Waals surface area contributed by atoms with E-state index >= 15 is 0 Å². The molecule has 1 amide bonds. The Labute approximate surface area is 476 Å². The molecule has 2 unspecified atom stereocenters. The Kier molecular flexibility index (Phi) is 65.4. The second-order valence-electron chi connectivity index (χ2n) is 24.6. The molecule has 0 aromatic carbocycles. The van der Waals surface area contributed by atoms with Crippen molar-refractivity contribution < 1.29 is 24.5 Å². The highest BCUT2D eigenvalue weighted by Gasteiger charge is 2.20. The minimum atomic E-state index is -0.660. The molecule has 0 rings (SSSR count). The van der Waals surface area contributed by atoms with Crippen molar-refractivity contribution in [2.24, 2.45) is 0 Å². The van der Waals surface area contributed by atoms with Crippen LogP contribution in [0, 0.1) is 0 Å². The SMILES string of the molecule is CCCCCCCCCCCCCCCCCCCC(=O)OCCCCCCCCCCCCCCCCCCCCCCCCCCCCCCC(=O)NC(CO)C(O)CCCCCCCCCCCCCCCC. The molecule has 0 aliphatic carbocycles. The number of amides is 1. The van der Waals surface area contributed by atoms with Gasteiger partial charge in [0.05, 0.1) is 25.4 Å². The first kappa shape index (κ1) is 74.9. The average Bonchev–Trinajstić information content (AvgIpc) is 3.42. The fraction of sp³-hybridized carbons (Fsp3) is 0.971. The second kappa shape index (κ2) is 66.4. The number of rotatable bonds is 67. The highest BCUT2D eigenvalue weighted by molar-refractivity contribution is 5.76. The van der Waals surface area contributed by atoms with Crippen LogP contribution in [0.2, 0.25) is 0 Å². The Morgan fingerprint density at radius 2 is 0.539 bits per heavy atom. The van der Waals surface area contributed by atoms with E-state index in [1.165, 1.54) is 340 Å². The summed E-state index contributed by atoms with van der Waals surface area (Å²) >= 11 is 0. The van der Waals surface area contributed by atoms with E-state index in [-0.39, 0.29) is 18.5 Å². The van der Waals surface area contributed by atoms with Crippen LogP contribution in [0.5, 0.6) is 0 Å². The Morgan fingerprint density at radius 3 is 0.803 bits per heavy atom. The van der Waals surface area contributed by atoms with E-state index in [1.54, 1.807) is 0 Å². The van der Waals surface area contributed by atoms with E-state index in [0.717, 1.165) is 38.5 Å². The zero-order valence-corrected chi connectivity index (χ0v) is 52.0. The maximum absolute atomic E-state index is 12.5. The number of aliphatic hydroxyl groups is 2. The quantitative estimate of drug-likeness (QED) is 0.0417. The minimum Gasteiger partial charge on any atom is -0.466 e. The van der Waals surface area contributed by atoms with E-state index in [9.17, 15) is 19.8 Å². The normalized spacial score (nSPS) is 12.4. The van der Waals surface area contributed by atoms with Gasteiger partial charge in [0.1, 0.15) is 0 Å². The van der Waals surface area contributed by atoms with Gasteiger partial charge in [-0.2, -0.15) is 0 Å². The van der Waals surface area contributed by atoms with Crippen LogP contribution in [0.4, 0.5) is 0 Å². The Bertz CT molecular complexity index is 1100. The number of carbonyl (C=O) groups is 2. The van der Waals surface area contributed by atoms with Gasteiger partial charge >= 0.3 is 5.97 Å². The monoisotopic (exact) mass is 1070 g/mol. The Balaban J connectivity index is 3.31. The topological polar surface area (TPSA) is 95.9 Å². The molecular weight excluding hydrogens is 935 g/mol. The number of hydrogen-bond donors (Lipinski definition) is 3. The van der Waals surface area contributed by atoms with Crippen molar-refractivity contribution in [3.8, 4) is 0 Å². The predicted octanol–water partition coefficient (Wildman–Crippen LogP) is 22.6. The van der Waals surface area contributed by atoms with Gasteiger partial charge in [0.2, 0.25) is 5.91 Å². The lowest BCUT2D eigenvalue weighted by Crippen LogP contribution is -2.45. The van der Waals surface area contributed by atoms with Crippen LogP contribution in [0.15, 0.2) is 0 Å². The molecule has 2 atom stereocenters. The lowest BCUT2D eigenvalue weighted by molar-refractivity contribution is -0.143. The molecule has 0 aromatic rings. The fourth-order valence-corrected chi connectivity index (χ4v) is 11.5. The van der Waals surface area contributed by atoms with Crippen LogP contribution in [-0.2, 0) is 14.3 Å². The van der Waals surface area contributed by atoms with Gasteiger partial charge in [0, 0.05) is 12.8 Å². The highest BCUT2D eigenvalue weighted by atomic mass is 16.5. The zero-order valence-electron chi connectivity index (χ0n) is 52.0. The fourth-order valence-electron chi connectivity index (χ4n) is 11.5. The molecular formula is C70H139NO5. The lowest BCUT2D eigenvalue weighted by atomic mass is 10.0. The van der Waals surface area contributed by atoms with Crippen molar-refractivity contribution in [3.05, 3.63) is 0 Å². The van der Waals surface area contributed by atoms with Crippen LogP contribution in [-0.4, -0.2) is 47.4 Å². The third-order valence-electron chi connectivity index (χ3n) is 16.9. The molecule has 6 heteroatoms. The molecule has 0 heterocycles. The largest absolute Gasteiger partial charge is 0.466 e. The van der Waals surface area contributed by atoms with Gasteiger partial charge in [-0.1, -0.05) is 373 Å². The number of carbonyl (C=O) groups excluding carboxylic acids is 2. The lowest BCUT2D eigenvalue weighted by Gasteiger charge is -2.22.